The number of rotatable bonds is 6. The molecule has 0 radical (unpaired) electrons. The van der Waals surface area contributed by atoms with Crippen LogP contribution in [0.4, 0.5) is 4.39 Å². The zero-order chi connectivity index (χ0) is 24.7. The second-order valence-electron chi connectivity index (χ2n) is 8.86. The molecule has 0 aliphatic carbocycles. The molecule has 5 rings (SSSR count). The van der Waals surface area contributed by atoms with Crippen LogP contribution in [0.1, 0.15) is 44.3 Å². The monoisotopic (exact) mass is 471 g/mol. The number of carbonyl (C=O) groups excluding carboxylic acids is 1. The summed E-state index contributed by atoms with van der Waals surface area (Å²) in [4.78, 5) is 15.2. The normalized spacial score (nSPS) is 14.9. The average Bonchev–Trinajstić information content (AvgIpc) is 3.39. The van der Waals surface area contributed by atoms with Gasteiger partial charge in [0.05, 0.1) is 13.2 Å². The van der Waals surface area contributed by atoms with Gasteiger partial charge in [-0.15, -0.1) is 0 Å². The van der Waals surface area contributed by atoms with Gasteiger partial charge in [-0.2, -0.15) is 5.10 Å². The van der Waals surface area contributed by atoms with E-state index in [0.717, 1.165) is 16.9 Å². The van der Waals surface area contributed by atoms with E-state index in [1.165, 1.54) is 6.07 Å². The van der Waals surface area contributed by atoms with Gasteiger partial charge < -0.3 is 14.7 Å². The highest BCUT2D eigenvalue weighted by atomic mass is 19.1. The van der Waals surface area contributed by atoms with Crippen LogP contribution >= 0.6 is 0 Å². The van der Waals surface area contributed by atoms with Crippen LogP contribution in [0.3, 0.4) is 0 Å². The molecule has 0 saturated carbocycles. The summed E-state index contributed by atoms with van der Waals surface area (Å²) in [6.07, 6.45) is 0.586. The molecule has 2 heterocycles. The number of aromatic nitrogens is 2. The summed E-state index contributed by atoms with van der Waals surface area (Å²) in [5.41, 5.74) is 4.96. The predicted octanol–water partition coefficient (Wildman–Crippen LogP) is 5.33. The van der Waals surface area contributed by atoms with E-state index in [0.29, 0.717) is 46.6 Å². The van der Waals surface area contributed by atoms with Crippen molar-refractivity contribution < 1.29 is 19.0 Å². The van der Waals surface area contributed by atoms with Crippen molar-refractivity contribution in [2.24, 2.45) is 0 Å². The third-order valence-corrected chi connectivity index (χ3v) is 6.56. The van der Waals surface area contributed by atoms with Crippen LogP contribution in [-0.2, 0) is 6.42 Å². The predicted molar refractivity (Wildman–Crippen MR) is 131 cm³/mol. The van der Waals surface area contributed by atoms with Crippen molar-refractivity contribution in [3.05, 3.63) is 100.0 Å². The first kappa shape index (κ1) is 22.7. The molecule has 4 aromatic rings. The number of nitrogens with one attached hydrogen (secondary N) is 1. The number of H-pyrrole nitrogens is 1. The second kappa shape index (κ2) is 8.91. The van der Waals surface area contributed by atoms with Crippen LogP contribution in [0.25, 0.3) is 11.3 Å². The van der Waals surface area contributed by atoms with Gasteiger partial charge in [0.2, 0.25) is 0 Å². The standard InChI is InChI=1S/C28H26FN3O3/c1-16-14-17(2)27(33)21(15-16)24-23-25(31-30-24)28(34)32(26(23)20-6-4-5-7-22(20)29)13-12-18-8-10-19(35-3)11-9-18/h4-11,14-15,26,33H,12-13H2,1-3H3,(H,30,31)/t26-/m0/s1. The molecule has 2 N–H and O–H groups in total. The summed E-state index contributed by atoms with van der Waals surface area (Å²) < 4.78 is 20.3. The third-order valence-electron chi connectivity index (χ3n) is 6.56. The van der Waals surface area contributed by atoms with Gasteiger partial charge in [0.1, 0.15) is 28.7 Å². The number of phenolic OH excluding ortho intramolecular Hbond substituents is 1. The number of phenols is 1. The fourth-order valence-corrected chi connectivity index (χ4v) is 4.84. The lowest BCUT2D eigenvalue weighted by Crippen LogP contribution is -2.32. The highest BCUT2D eigenvalue weighted by molar-refractivity contribution is 6.00. The first-order valence-corrected chi connectivity index (χ1v) is 11.5. The molecule has 178 valence electrons. The van der Waals surface area contributed by atoms with Gasteiger partial charge in [0.15, 0.2) is 0 Å². The number of methoxy groups -OCH3 is 1. The number of nitrogens with zero attached hydrogens (tertiary/aromatic N) is 2. The second-order valence-corrected chi connectivity index (χ2v) is 8.86. The molecule has 1 amide bonds. The Kier molecular flexibility index (Phi) is 5.76. The first-order chi connectivity index (χ1) is 16.9. The smallest absolute Gasteiger partial charge is 0.273 e. The lowest BCUT2D eigenvalue weighted by Gasteiger charge is -2.27. The molecule has 1 aliphatic heterocycles. The Bertz CT molecular complexity index is 1410. The van der Waals surface area contributed by atoms with E-state index in [1.807, 2.05) is 50.2 Å². The van der Waals surface area contributed by atoms with Gasteiger partial charge in [-0.1, -0.05) is 36.4 Å². The Morgan fingerprint density at radius 2 is 1.86 bits per heavy atom. The van der Waals surface area contributed by atoms with E-state index < -0.39 is 11.9 Å². The SMILES string of the molecule is COc1ccc(CCN2C(=O)c3[nH]nc(-c4cc(C)cc(C)c4O)c3[C@@H]2c2ccccc2F)cc1. The van der Waals surface area contributed by atoms with Crippen molar-refractivity contribution >= 4 is 5.91 Å². The fourth-order valence-electron chi connectivity index (χ4n) is 4.84. The van der Waals surface area contributed by atoms with E-state index in [1.54, 1.807) is 30.2 Å². The molecule has 0 unspecified atom stereocenters. The topological polar surface area (TPSA) is 78.5 Å². The quantitative estimate of drug-likeness (QED) is 0.398. The van der Waals surface area contributed by atoms with Gasteiger partial charge in [-0.05, 0) is 61.2 Å². The third kappa shape index (κ3) is 3.93. The van der Waals surface area contributed by atoms with Crippen molar-refractivity contribution in [3.8, 4) is 22.8 Å². The van der Waals surface area contributed by atoms with E-state index in [-0.39, 0.29) is 11.7 Å². The van der Waals surface area contributed by atoms with E-state index in [4.69, 9.17) is 4.74 Å². The van der Waals surface area contributed by atoms with Crippen molar-refractivity contribution in [2.45, 2.75) is 26.3 Å². The molecular weight excluding hydrogens is 445 g/mol. The summed E-state index contributed by atoms with van der Waals surface area (Å²) in [5, 5.41) is 18.1. The molecule has 0 spiro atoms. The van der Waals surface area contributed by atoms with Crippen LogP contribution in [-0.4, -0.2) is 39.8 Å². The Balaban J connectivity index is 1.59. The number of fused-ring (bicyclic) bond motifs is 1. The number of benzene rings is 3. The minimum Gasteiger partial charge on any atom is -0.507 e. The first-order valence-electron chi connectivity index (χ1n) is 11.5. The highest BCUT2D eigenvalue weighted by Gasteiger charge is 2.43. The van der Waals surface area contributed by atoms with Gasteiger partial charge in [-0.3, -0.25) is 9.89 Å². The zero-order valence-electron chi connectivity index (χ0n) is 19.8. The zero-order valence-corrected chi connectivity index (χ0v) is 19.8. The molecule has 1 aromatic heterocycles. The summed E-state index contributed by atoms with van der Waals surface area (Å²) in [7, 11) is 1.61. The lowest BCUT2D eigenvalue weighted by atomic mass is 9.93. The van der Waals surface area contributed by atoms with Crippen LogP contribution in [0.15, 0.2) is 60.7 Å². The van der Waals surface area contributed by atoms with Gasteiger partial charge in [0, 0.05) is 23.2 Å². The molecule has 0 saturated heterocycles. The Hall–Kier alpha value is -4.13. The Labute approximate surface area is 203 Å². The van der Waals surface area contributed by atoms with Gasteiger partial charge in [-0.25, -0.2) is 4.39 Å². The molecule has 0 fully saturated rings. The average molecular weight is 472 g/mol. The maximum atomic E-state index is 15.1. The number of aryl methyl sites for hydroxylation is 2. The van der Waals surface area contributed by atoms with Crippen molar-refractivity contribution in [3.63, 3.8) is 0 Å². The van der Waals surface area contributed by atoms with Crippen LogP contribution < -0.4 is 4.74 Å². The number of aromatic hydroxyl groups is 1. The van der Waals surface area contributed by atoms with Gasteiger partial charge >= 0.3 is 0 Å². The Morgan fingerprint density at radius 3 is 2.57 bits per heavy atom. The Morgan fingerprint density at radius 1 is 1.11 bits per heavy atom. The molecule has 1 atom stereocenters. The molecule has 6 nitrogen and oxygen atoms in total. The number of amides is 1. The largest absolute Gasteiger partial charge is 0.507 e. The minimum atomic E-state index is -0.675. The summed E-state index contributed by atoms with van der Waals surface area (Å²) in [6, 6.07) is 17.2. The van der Waals surface area contributed by atoms with E-state index in [9.17, 15) is 9.90 Å². The molecule has 35 heavy (non-hydrogen) atoms. The number of halogens is 1. The minimum absolute atomic E-state index is 0.0984. The highest BCUT2D eigenvalue weighted by Crippen LogP contribution is 2.45. The van der Waals surface area contributed by atoms with E-state index in [2.05, 4.69) is 10.2 Å². The molecule has 1 aliphatic rings. The number of ether oxygens (including phenoxy) is 1. The summed E-state index contributed by atoms with van der Waals surface area (Å²) in [5.74, 6) is 0.212. The molecule has 3 aromatic carbocycles. The molecule has 0 bridgehead atoms. The van der Waals surface area contributed by atoms with Crippen molar-refractivity contribution in [1.29, 1.82) is 0 Å². The van der Waals surface area contributed by atoms with Crippen molar-refractivity contribution in [2.75, 3.05) is 13.7 Å². The van der Waals surface area contributed by atoms with E-state index >= 15 is 4.39 Å². The maximum absolute atomic E-state index is 15.1. The number of hydrogen-bond acceptors (Lipinski definition) is 4. The van der Waals surface area contributed by atoms with Gasteiger partial charge in [0.25, 0.3) is 5.91 Å². The number of carbonyl (C=O) groups is 1. The van der Waals surface area contributed by atoms with Crippen LogP contribution in [0.5, 0.6) is 11.5 Å². The lowest BCUT2D eigenvalue weighted by molar-refractivity contribution is 0.0744. The molecular formula is C28H26FN3O3. The maximum Gasteiger partial charge on any atom is 0.273 e. The van der Waals surface area contributed by atoms with Crippen LogP contribution in [0.2, 0.25) is 0 Å². The van der Waals surface area contributed by atoms with Crippen molar-refractivity contribution in [1.82, 2.24) is 15.1 Å². The summed E-state index contributed by atoms with van der Waals surface area (Å²) >= 11 is 0. The van der Waals surface area contributed by atoms with Crippen LogP contribution in [0, 0.1) is 19.7 Å². The summed E-state index contributed by atoms with van der Waals surface area (Å²) in [6.45, 7) is 4.13. The number of hydrogen-bond donors (Lipinski definition) is 2. The number of aromatic amines is 1. The molecule has 7 heteroatoms. The fraction of sp³-hybridized carbons (Fsp3) is 0.214.